The van der Waals surface area contributed by atoms with Crippen LogP contribution in [0.15, 0.2) is 42.7 Å². The maximum atomic E-state index is 13.5. The first kappa shape index (κ1) is 21.4. The SMILES string of the molecule is O=C(CN1C(=O)C2CCCCN2c2ccc(C(=O)N3CCCC3)cc21)NCc1cccnc1. The highest BCUT2D eigenvalue weighted by Crippen LogP contribution is 2.40. The minimum atomic E-state index is -0.252. The molecule has 2 aromatic rings. The fourth-order valence-electron chi connectivity index (χ4n) is 5.06. The summed E-state index contributed by atoms with van der Waals surface area (Å²) in [5.74, 6) is -0.312. The summed E-state index contributed by atoms with van der Waals surface area (Å²) in [6, 6.07) is 9.07. The third-order valence-electron chi connectivity index (χ3n) is 6.78. The predicted octanol–water partition coefficient (Wildman–Crippen LogP) is 2.34. The van der Waals surface area contributed by atoms with Crippen LogP contribution in [0.1, 0.15) is 48.0 Å². The van der Waals surface area contributed by atoms with Crippen molar-refractivity contribution in [1.29, 1.82) is 0 Å². The number of nitrogens with zero attached hydrogens (tertiary/aromatic N) is 4. The van der Waals surface area contributed by atoms with E-state index in [4.69, 9.17) is 0 Å². The Morgan fingerprint density at radius 1 is 1.03 bits per heavy atom. The maximum absolute atomic E-state index is 13.5. The van der Waals surface area contributed by atoms with Gasteiger partial charge in [-0.2, -0.15) is 0 Å². The van der Waals surface area contributed by atoms with Crippen LogP contribution in [0.4, 0.5) is 11.4 Å². The van der Waals surface area contributed by atoms with Crippen molar-refractivity contribution in [2.24, 2.45) is 0 Å². The fourth-order valence-corrected chi connectivity index (χ4v) is 5.06. The van der Waals surface area contributed by atoms with Crippen LogP contribution in [-0.2, 0) is 16.1 Å². The number of pyridine rings is 1. The van der Waals surface area contributed by atoms with Crippen LogP contribution in [0.25, 0.3) is 0 Å². The highest BCUT2D eigenvalue weighted by molar-refractivity contribution is 6.09. The number of fused-ring (bicyclic) bond motifs is 3. The summed E-state index contributed by atoms with van der Waals surface area (Å²) in [5, 5.41) is 2.89. The number of piperidine rings is 1. The van der Waals surface area contributed by atoms with E-state index in [2.05, 4.69) is 15.2 Å². The molecule has 0 radical (unpaired) electrons. The van der Waals surface area contributed by atoms with Crippen LogP contribution >= 0.6 is 0 Å². The van der Waals surface area contributed by atoms with Gasteiger partial charge in [0.05, 0.1) is 11.4 Å². The monoisotopic (exact) mass is 447 g/mol. The first-order valence-corrected chi connectivity index (χ1v) is 11.8. The average molecular weight is 448 g/mol. The number of nitrogens with one attached hydrogen (secondary N) is 1. The summed E-state index contributed by atoms with van der Waals surface area (Å²) >= 11 is 0. The van der Waals surface area contributed by atoms with Gasteiger partial charge in [-0.05, 0) is 61.9 Å². The molecule has 2 fully saturated rings. The van der Waals surface area contributed by atoms with Gasteiger partial charge in [0.15, 0.2) is 0 Å². The molecule has 8 nitrogen and oxygen atoms in total. The summed E-state index contributed by atoms with van der Waals surface area (Å²) in [6.07, 6.45) is 8.24. The van der Waals surface area contributed by atoms with Crippen LogP contribution in [0.2, 0.25) is 0 Å². The second-order valence-corrected chi connectivity index (χ2v) is 8.97. The smallest absolute Gasteiger partial charge is 0.253 e. The van der Waals surface area contributed by atoms with Crippen molar-refractivity contribution >= 4 is 29.1 Å². The van der Waals surface area contributed by atoms with E-state index in [0.717, 1.165) is 63.0 Å². The molecule has 0 aliphatic carbocycles. The van der Waals surface area contributed by atoms with E-state index in [1.165, 1.54) is 0 Å². The number of benzene rings is 1. The van der Waals surface area contributed by atoms with E-state index >= 15 is 0 Å². The zero-order chi connectivity index (χ0) is 22.8. The Hall–Kier alpha value is -3.42. The summed E-state index contributed by atoms with van der Waals surface area (Å²) in [5.41, 5.74) is 3.05. The summed E-state index contributed by atoms with van der Waals surface area (Å²) in [4.78, 5) is 48.9. The molecule has 0 spiro atoms. The lowest BCUT2D eigenvalue weighted by Gasteiger charge is -2.45. The van der Waals surface area contributed by atoms with E-state index in [-0.39, 0.29) is 30.3 Å². The second-order valence-electron chi connectivity index (χ2n) is 8.97. The van der Waals surface area contributed by atoms with Crippen LogP contribution in [0.5, 0.6) is 0 Å². The Morgan fingerprint density at radius 2 is 1.85 bits per heavy atom. The van der Waals surface area contributed by atoms with Crippen molar-refractivity contribution < 1.29 is 14.4 Å². The Labute approximate surface area is 193 Å². The van der Waals surface area contributed by atoms with Gasteiger partial charge in [0, 0.05) is 44.1 Å². The third-order valence-corrected chi connectivity index (χ3v) is 6.78. The molecule has 3 aliphatic rings. The van der Waals surface area contributed by atoms with E-state index in [1.54, 1.807) is 23.4 Å². The number of carbonyl (C=O) groups excluding carboxylic acids is 3. The normalized spacial score (nSPS) is 19.8. The highest BCUT2D eigenvalue weighted by atomic mass is 16.2. The lowest BCUT2D eigenvalue weighted by Crippen LogP contribution is -2.57. The molecule has 1 aromatic heterocycles. The van der Waals surface area contributed by atoms with Crippen LogP contribution < -0.4 is 15.1 Å². The Morgan fingerprint density at radius 3 is 2.64 bits per heavy atom. The fraction of sp³-hybridized carbons (Fsp3) is 0.440. The minimum Gasteiger partial charge on any atom is -0.358 e. The largest absolute Gasteiger partial charge is 0.358 e. The third kappa shape index (κ3) is 4.29. The average Bonchev–Trinajstić information content (AvgIpc) is 3.40. The van der Waals surface area contributed by atoms with Crippen molar-refractivity contribution in [3.05, 3.63) is 53.9 Å². The molecule has 1 aromatic carbocycles. The molecule has 3 amide bonds. The second kappa shape index (κ2) is 9.21. The van der Waals surface area contributed by atoms with Gasteiger partial charge in [-0.3, -0.25) is 24.3 Å². The first-order chi connectivity index (χ1) is 16.1. The first-order valence-electron chi connectivity index (χ1n) is 11.8. The van der Waals surface area contributed by atoms with Gasteiger partial charge in [0.25, 0.3) is 5.91 Å². The molecule has 8 heteroatoms. The molecule has 4 heterocycles. The van der Waals surface area contributed by atoms with Crippen LogP contribution in [0, 0.1) is 0 Å². The van der Waals surface area contributed by atoms with Crippen LogP contribution in [0.3, 0.4) is 0 Å². The number of rotatable bonds is 5. The molecule has 1 atom stereocenters. The van der Waals surface area contributed by atoms with Crippen molar-refractivity contribution in [3.8, 4) is 0 Å². The molecule has 5 rings (SSSR count). The van der Waals surface area contributed by atoms with Gasteiger partial charge in [-0.25, -0.2) is 0 Å². The van der Waals surface area contributed by atoms with E-state index in [9.17, 15) is 14.4 Å². The van der Waals surface area contributed by atoms with Crippen molar-refractivity contribution in [3.63, 3.8) is 0 Å². The molecule has 1 unspecified atom stereocenters. The van der Waals surface area contributed by atoms with Gasteiger partial charge in [0.1, 0.15) is 12.6 Å². The quantitative estimate of drug-likeness (QED) is 0.761. The van der Waals surface area contributed by atoms with E-state index in [1.807, 2.05) is 29.2 Å². The van der Waals surface area contributed by atoms with Crippen molar-refractivity contribution in [1.82, 2.24) is 15.2 Å². The van der Waals surface area contributed by atoms with Crippen molar-refractivity contribution in [2.75, 3.05) is 36.0 Å². The maximum Gasteiger partial charge on any atom is 0.253 e. The molecule has 0 bridgehead atoms. The summed E-state index contributed by atoms with van der Waals surface area (Å²) in [7, 11) is 0. The van der Waals surface area contributed by atoms with Gasteiger partial charge in [0.2, 0.25) is 11.8 Å². The topological polar surface area (TPSA) is 85.9 Å². The van der Waals surface area contributed by atoms with Gasteiger partial charge < -0.3 is 15.1 Å². The van der Waals surface area contributed by atoms with Gasteiger partial charge >= 0.3 is 0 Å². The lowest BCUT2D eigenvalue weighted by molar-refractivity contribution is -0.125. The number of amides is 3. The van der Waals surface area contributed by atoms with Gasteiger partial charge in [-0.1, -0.05) is 6.07 Å². The number of aromatic nitrogens is 1. The number of hydrogen-bond donors (Lipinski definition) is 1. The number of hydrogen-bond acceptors (Lipinski definition) is 5. The molecule has 1 N–H and O–H groups in total. The molecule has 3 aliphatic heterocycles. The standard InChI is InChI=1S/C25H29N5O3/c31-23(27-16-18-6-5-10-26-15-18)17-30-22-14-19(24(32)28-11-3-4-12-28)8-9-20(22)29-13-2-1-7-21(29)25(30)33/h5-6,8-10,14-15,21H,1-4,7,11-13,16-17H2,(H,27,31). The molecular formula is C25H29N5O3. The zero-order valence-electron chi connectivity index (χ0n) is 18.7. The lowest BCUT2D eigenvalue weighted by atomic mass is 9.95. The van der Waals surface area contributed by atoms with Gasteiger partial charge in [-0.15, -0.1) is 0 Å². The molecule has 0 saturated carbocycles. The summed E-state index contributed by atoms with van der Waals surface area (Å²) < 4.78 is 0. The van der Waals surface area contributed by atoms with Crippen LogP contribution in [-0.4, -0.2) is 59.8 Å². The van der Waals surface area contributed by atoms with Crippen molar-refractivity contribution in [2.45, 2.75) is 44.7 Å². The van der Waals surface area contributed by atoms with E-state index < -0.39 is 0 Å². The van der Waals surface area contributed by atoms with E-state index in [0.29, 0.717) is 17.8 Å². The predicted molar refractivity (Wildman–Crippen MR) is 125 cm³/mol. The highest BCUT2D eigenvalue weighted by Gasteiger charge is 2.40. The molecule has 2 saturated heterocycles. The Balaban J connectivity index is 1.41. The molecular weight excluding hydrogens is 418 g/mol. The Kier molecular flexibility index (Phi) is 5.98. The Bertz CT molecular complexity index is 1050. The minimum absolute atomic E-state index is 0.00973. The number of carbonyl (C=O) groups is 3. The molecule has 172 valence electrons. The number of likely N-dealkylation sites (tertiary alicyclic amines) is 1. The number of anilines is 2. The summed E-state index contributed by atoms with van der Waals surface area (Å²) in [6.45, 7) is 2.62. The molecule has 33 heavy (non-hydrogen) atoms. The zero-order valence-corrected chi connectivity index (χ0v) is 18.7.